The van der Waals surface area contributed by atoms with Gasteiger partial charge in [0.2, 0.25) is 0 Å². The van der Waals surface area contributed by atoms with E-state index in [1.54, 1.807) is 30.3 Å². The lowest BCUT2D eigenvalue weighted by atomic mass is 10.1. The molecule has 0 aliphatic heterocycles. The number of hydrogen-bond donors (Lipinski definition) is 1. The van der Waals surface area contributed by atoms with Gasteiger partial charge in [0.25, 0.3) is 5.91 Å². The summed E-state index contributed by atoms with van der Waals surface area (Å²) in [7, 11) is 3.05. The fourth-order valence-electron chi connectivity index (χ4n) is 2.88. The van der Waals surface area contributed by atoms with E-state index >= 15 is 0 Å². The molecule has 0 saturated heterocycles. The second kappa shape index (κ2) is 7.81. The van der Waals surface area contributed by atoms with E-state index in [0.29, 0.717) is 38.8 Å². The molecule has 4 rings (SSSR count). The SMILES string of the molecule is COc1ccc(C(=O)Nc2cc3nn(-c4ccccc4)nc3cc2Cl)cc1OC. The number of anilines is 1. The lowest BCUT2D eigenvalue weighted by molar-refractivity contribution is 0.102. The number of rotatable bonds is 5. The van der Waals surface area contributed by atoms with Crippen LogP contribution in [0.4, 0.5) is 5.69 Å². The van der Waals surface area contributed by atoms with Crippen molar-refractivity contribution < 1.29 is 14.3 Å². The Hall–Kier alpha value is -3.58. The number of amides is 1. The van der Waals surface area contributed by atoms with Gasteiger partial charge in [-0.15, -0.1) is 10.2 Å². The number of fused-ring (bicyclic) bond motifs is 1. The highest BCUT2D eigenvalue weighted by atomic mass is 35.5. The Kier molecular flexibility index (Phi) is 5.05. The molecule has 146 valence electrons. The number of halogens is 1. The third kappa shape index (κ3) is 3.72. The molecule has 0 bridgehead atoms. The van der Waals surface area contributed by atoms with Crippen molar-refractivity contribution in [3.63, 3.8) is 0 Å². The van der Waals surface area contributed by atoms with Gasteiger partial charge in [-0.1, -0.05) is 29.8 Å². The second-order valence-electron chi connectivity index (χ2n) is 6.17. The Morgan fingerprint density at radius 2 is 1.62 bits per heavy atom. The van der Waals surface area contributed by atoms with Gasteiger partial charge in [-0.3, -0.25) is 4.79 Å². The summed E-state index contributed by atoms with van der Waals surface area (Å²) >= 11 is 6.36. The van der Waals surface area contributed by atoms with Gasteiger partial charge in [0.15, 0.2) is 11.5 Å². The summed E-state index contributed by atoms with van der Waals surface area (Å²) in [6.45, 7) is 0. The molecule has 1 aromatic heterocycles. The van der Waals surface area contributed by atoms with E-state index in [0.717, 1.165) is 5.69 Å². The number of ether oxygens (including phenoxy) is 2. The van der Waals surface area contributed by atoms with E-state index in [-0.39, 0.29) is 5.91 Å². The number of carbonyl (C=O) groups is 1. The summed E-state index contributed by atoms with van der Waals surface area (Å²) in [5, 5.41) is 12.1. The molecular formula is C21H17ClN4O3. The molecule has 29 heavy (non-hydrogen) atoms. The van der Waals surface area contributed by atoms with Gasteiger partial charge < -0.3 is 14.8 Å². The highest BCUT2D eigenvalue weighted by Crippen LogP contribution is 2.30. The van der Waals surface area contributed by atoms with E-state index in [4.69, 9.17) is 21.1 Å². The first kappa shape index (κ1) is 18.8. The standard InChI is InChI=1S/C21H17ClN4O3/c1-28-19-9-8-13(10-20(19)29-2)21(27)23-16-12-18-17(11-15(16)22)24-26(25-18)14-6-4-3-5-7-14/h3-12H,1-2H3,(H,23,27). The second-order valence-corrected chi connectivity index (χ2v) is 6.58. The molecule has 0 unspecified atom stereocenters. The summed E-state index contributed by atoms with van der Waals surface area (Å²) in [5.74, 6) is 0.677. The summed E-state index contributed by atoms with van der Waals surface area (Å²) in [5.41, 5.74) is 2.92. The highest BCUT2D eigenvalue weighted by molar-refractivity contribution is 6.34. The number of methoxy groups -OCH3 is 2. The molecule has 0 aliphatic carbocycles. The Balaban J connectivity index is 1.64. The van der Waals surface area contributed by atoms with Crippen LogP contribution >= 0.6 is 11.6 Å². The molecule has 0 atom stereocenters. The molecule has 1 amide bonds. The molecule has 4 aromatic rings. The first-order valence-corrected chi connectivity index (χ1v) is 9.12. The van der Waals surface area contributed by atoms with Gasteiger partial charge in [0.1, 0.15) is 11.0 Å². The van der Waals surface area contributed by atoms with Gasteiger partial charge in [0.05, 0.1) is 30.6 Å². The largest absolute Gasteiger partial charge is 0.493 e. The first-order chi connectivity index (χ1) is 14.1. The highest BCUT2D eigenvalue weighted by Gasteiger charge is 2.15. The quantitative estimate of drug-likeness (QED) is 0.531. The van der Waals surface area contributed by atoms with Crippen LogP contribution in [0.2, 0.25) is 5.02 Å². The Morgan fingerprint density at radius 3 is 2.31 bits per heavy atom. The van der Waals surface area contributed by atoms with Crippen molar-refractivity contribution in [3.05, 3.63) is 71.2 Å². The minimum atomic E-state index is -0.331. The molecule has 0 radical (unpaired) electrons. The molecular weight excluding hydrogens is 392 g/mol. The van der Waals surface area contributed by atoms with Gasteiger partial charge in [-0.2, -0.15) is 4.80 Å². The van der Waals surface area contributed by atoms with Crippen LogP contribution in [0, 0.1) is 0 Å². The molecule has 0 aliphatic rings. The third-order valence-electron chi connectivity index (χ3n) is 4.35. The molecule has 0 saturated carbocycles. The first-order valence-electron chi connectivity index (χ1n) is 8.74. The summed E-state index contributed by atoms with van der Waals surface area (Å²) in [4.78, 5) is 14.2. The Labute approximate surface area is 171 Å². The zero-order valence-corrected chi connectivity index (χ0v) is 16.5. The van der Waals surface area contributed by atoms with Crippen molar-refractivity contribution in [1.82, 2.24) is 15.0 Å². The summed E-state index contributed by atoms with van der Waals surface area (Å²) < 4.78 is 10.5. The van der Waals surface area contributed by atoms with Crippen LogP contribution in [0.3, 0.4) is 0 Å². The molecule has 8 heteroatoms. The van der Waals surface area contributed by atoms with E-state index in [9.17, 15) is 4.79 Å². The van der Waals surface area contributed by atoms with Crippen LogP contribution < -0.4 is 14.8 Å². The van der Waals surface area contributed by atoms with Crippen molar-refractivity contribution in [2.75, 3.05) is 19.5 Å². The maximum absolute atomic E-state index is 12.7. The minimum Gasteiger partial charge on any atom is -0.493 e. The van der Waals surface area contributed by atoms with Crippen molar-refractivity contribution >= 4 is 34.2 Å². The normalized spacial score (nSPS) is 10.7. The summed E-state index contributed by atoms with van der Waals surface area (Å²) in [6.07, 6.45) is 0. The molecule has 7 nitrogen and oxygen atoms in total. The van der Waals surface area contributed by atoms with Crippen LogP contribution in [0.15, 0.2) is 60.7 Å². The van der Waals surface area contributed by atoms with E-state index in [1.165, 1.54) is 19.0 Å². The fraction of sp³-hybridized carbons (Fsp3) is 0.0952. The molecule has 0 spiro atoms. The number of nitrogens with one attached hydrogen (secondary N) is 1. The van der Waals surface area contributed by atoms with E-state index < -0.39 is 0 Å². The van der Waals surface area contributed by atoms with Crippen LogP contribution in [0.25, 0.3) is 16.7 Å². The Morgan fingerprint density at radius 1 is 0.931 bits per heavy atom. The van der Waals surface area contributed by atoms with Gasteiger partial charge in [-0.05, 0) is 42.5 Å². The molecule has 3 aromatic carbocycles. The zero-order valence-electron chi connectivity index (χ0n) is 15.7. The lowest BCUT2D eigenvalue weighted by Crippen LogP contribution is -2.12. The molecule has 1 N–H and O–H groups in total. The number of benzene rings is 3. The predicted octanol–water partition coefficient (Wildman–Crippen LogP) is 4.34. The number of aromatic nitrogens is 3. The van der Waals surface area contributed by atoms with E-state index in [2.05, 4.69) is 15.5 Å². The maximum atomic E-state index is 12.7. The number of carbonyl (C=O) groups excluding carboxylic acids is 1. The molecule has 1 heterocycles. The van der Waals surface area contributed by atoms with Crippen LogP contribution in [0.5, 0.6) is 11.5 Å². The predicted molar refractivity (Wildman–Crippen MR) is 111 cm³/mol. The van der Waals surface area contributed by atoms with Gasteiger partial charge in [-0.25, -0.2) is 0 Å². The minimum absolute atomic E-state index is 0.331. The van der Waals surface area contributed by atoms with Gasteiger partial charge in [0, 0.05) is 5.56 Å². The average molecular weight is 409 g/mol. The average Bonchev–Trinajstić information content (AvgIpc) is 3.16. The monoisotopic (exact) mass is 408 g/mol. The topological polar surface area (TPSA) is 78.3 Å². The van der Waals surface area contributed by atoms with E-state index in [1.807, 2.05) is 30.3 Å². The maximum Gasteiger partial charge on any atom is 0.255 e. The lowest BCUT2D eigenvalue weighted by Gasteiger charge is -2.10. The van der Waals surface area contributed by atoms with Crippen molar-refractivity contribution in [2.45, 2.75) is 0 Å². The molecule has 0 fully saturated rings. The number of hydrogen-bond acceptors (Lipinski definition) is 5. The van der Waals surface area contributed by atoms with Crippen molar-refractivity contribution in [1.29, 1.82) is 0 Å². The fourth-order valence-corrected chi connectivity index (χ4v) is 3.09. The van der Waals surface area contributed by atoms with Crippen molar-refractivity contribution in [2.24, 2.45) is 0 Å². The van der Waals surface area contributed by atoms with Crippen LogP contribution in [-0.4, -0.2) is 35.1 Å². The van der Waals surface area contributed by atoms with Crippen molar-refractivity contribution in [3.8, 4) is 17.2 Å². The van der Waals surface area contributed by atoms with Gasteiger partial charge >= 0.3 is 0 Å². The van der Waals surface area contributed by atoms with Crippen LogP contribution in [0.1, 0.15) is 10.4 Å². The summed E-state index contributed by atoms with van der Waals surface area (Å²) in [6, 6.07) is 17.8. The number of para-hydroxylation sites is 1. The number of nitrogens with zero attached hydrogens (tertiary/aromatic N) is 3. The zero-order chi connectivity index (χ0) is 20.4. The smallest absolute Gasteiger partial charge is 0.255 e. The third-order valence-corrected chi connectivity index (χ3v) is 4.66. The van der Waals surface area contributed by atoms with Crippen LogP contribution in [-0.2, 0) is 0 Å². The Bertz CT molecular complexity index is 1190.